The Kier molecular flexibility index (Phi) is 6.78. The first-order chi connectivity index (χ1) is 12.4. The predicted molar refractivity (Wildman–Crippen MR) is 103 cm³/mol. The second-order valence-corrected chi connectivity index (χ2v) is 5.76. The second-order valence-electron chi connectivity index (χ2n) is 4.95. The molecule has 0 heterocycles. The highest BCUT2D eigenvalue weighted by molar-refractivity contribution is 6.33. The van der Waals surface area contributed by atoms with Crippen LogP contribution in [0, 0.1) is 0 Å². The maximum atomic E-state index is 11.2. The molecule has 0 saturated carbocycles. The molecule has 2 aromatic carbocycles. The molecule has 2 aromatic rings. The number of halogens is 2. The van der Waals surface area contributed by atoms with Gasteiger partial charge in [-0.25, -0.2) is 9.59 Å². The van der Waals surface area contributed by atoms with Crippen molar-refractivity contribution in [2.24, 2.45) is 0 Å². The largest absolute Gasteiger partial charge is 0.423 e. The van der Waals surface area contributed by atoms with Gasteiger partial charge in [-0.05, 0) is 35.4 Å². The molecule has 132 valence electrons. The van der Waals surface area contributed by atoms with Crippen LogP contribution in [0.5, 0.6) is 11.5 Å². The highest BCUT2D eigenvalue weighted by atomic mass is 35.5. The number of hydrogen-bond acceptors (Lipinski definition) is 4. The molecular formula is C20H14Cl2O4. The van der Waals surface area contributed by atoms with Gasteiger partial charge in [0.1, 0.15) is 11.5 Å². The number of hydrogen-bond donors (Lipinski definition) is 0. The fourth-order valence-electron chi connectivity index (χ4n) is 1.91. The third-order valence-electron chi connectivity index (χ3n) is 3.16. The van der Waals surface area contributed by atoms with Crippen LogP contribution < -0.4 is 9.47 Å². The molecule has 0 aliphatic rings. The maximum absolute atomic E-state index is 11.2. The zero-order chi connectivity index (χ0) is 19.1. The lowest BCUT2D eigenvalue weighted by Gasteiger charge is -2.05. The summed E-state index contributed by atoms with van der Waals surface area (Å²) in [5.74, 6) is -0.478. The van der Waals surface area contributed by atoms with Crippen molar-refractivity contribution in [2.75, 3.05) is 0 Å². The lowest BCUT2D eigenvalue weighted by molar-refractivity contribution is -0.129. The van der Waals surface area contributed by atoms with E-state index in [-0.39, 0.29) is 0 Å². The minimum atomic E-state index is -0.562. The Balaban J connectivity index is 2.16. The van der Waals surface area contributed by atoms with Gasteiger partial charge < -0.3 is 9.47 Å². The van der Waals surface area contributed by atoms with Crippen LogP contribution in [0.3, 0.4) is 0 Å². The van der Waals surface area contributed by atoms with Gasteiger partial charge in [0.05, 0.1) is 10.0 Å². The summed E-state index contributed by atoms with van der Waals surface area (Å²) in [6, 6.07) is 9.71. The lowest BCUT2D eigenvalue weighted by Crippen LogP contribution is -2.03. The van der Waals surface area contributed by atoms with E-state index in [4.69, 9.17) is 32.7 Å². The number of esters is 2. The normalized spacial score (nSPS) is 10.4. The van der Waals surface area contributed by atoms with Gasteiger partial charge in [-0.2, -0.15) is 0 Å². The van der Waals surface area contributed by atoms with Crippen LogP contribution in [0.25, 0.3) is 12.2 Å². The first-order valence-corrected chi connectivity index (χ1v) is 8.14. The zero-order valence-electron chi connectivity index (χ0n) is 13.6. The van der Waals surface area contributed by atoms with E-state index in [2.05, 4.69) is 13.2 Å². The summed E-state index contributed by atoms with van der Waals surface area (Å²) in [4.78, 5) is 22.4. The van der Waals surface area contributed by atoms with Crippen molar-refractivity contribution >= 4 is 47.3 Å². The summed E-state index contributed by atoms with van der Waals surface area (Å²) in [5, 5.41) is 0.812. The lowest BCUT2D eigenvalue weighted by atomic mass is 10.1. The van der Waals surface area contributed by atoms with Crippen LogP contribution in [-0.2, 0) is 9.59 Å². The highest BCUT2D eigenvalue weighted by Crippen LogP contribution is 2.27. The molecule has 4 nitrogen and oxygen atoms in total. The summed E-state index contributed by atoms with van der Waals surface area (Å²) >= 11 is 12.4. The molecule has 26 heavy (non-hydrogen) atoms. The Hall–Kier alpha value is -2.82. The Morgan fingerprint density at radius 2 is 1.15 bits per heavy atom. The molecule has 0 atom stereocenters. The topological polar surface area (TPSA) is 52.6 Å². The Bertz CT molecular complexity index is 827. The fraction of sp³-hybridized carbons (Fsp3) is 0. The standard InChI is InChI=1S/C20H14Cl2O4/c1-3-19(23)25-15-9-7-13(17(21)11-15)5-6-14-8-10-16(12-18(14)22)26-20(24)4-2/h3-12H,1-2H2/b6-5+. The molecule has 0 N–H and O–H groups in total. The summed E-state index contributed by atoms with van der Waals surface area (Å²) in [5.41, 5.74) is 1.42. The number of rotatable bonds is 6. The van der Waals surface area contributed by atoms with Gasteiger partial charge >= 0.3 is 11.9 Å². The number of ether oxygens (including phenoxy) is 2. The van der Waals surface area contributed by atoms with Gasteiger partial charge in [0, 0.05) is 24.3 Å². The Morgan fingerprint density at radius 1 is 0.769 bits per heavy atom. The quantitative estimate of drug-likeness (QED) is 0.289. The van der Waals surface area contributed by atoms with Gasteiger partial charge in [-0.3, -0.25) is 0 Å². The van der Waals surface area contributed by atoms with Crippen molar-refractivity contribution in [3.63, 3.8) is 0 Å². The summed E-state index contributed by atoms with van der Waals surface area (Å²) in [7, 11) is 0. The van der Waals surface area contributed by atoms with Gasteiger partial charge in [-0.15, -0.1) is 0 Å². The van der Waals surface area contributed by atoms with Crippen molar-refractivity contribution in [1.29, 1.82) is 0 Å². The highest BCUT2D eigenvalue weighted by Gasteiger charge is 2.06. The number of carbonyl (C=O) groups excluding carboxylic acids is 2. The van der Waals surface area contributed by atoms with E-state index in [0.29, 0.717) is 32.7 Å². The van der Waals surface area contributed by atoms with Crippen LogP contribution in [0.15, 0.2) is 61.7 Å². The van der Waals surface area contributed by atoms with Crippen LogP contribution in [0.2, 0.25) is 10.0 Å². The molecule has 0 fully saturated rings. The third kappa shape index (κ3) is 5.34. The van der Waals surface area contributed by atoms with E-state index in [1.807, 2.05) is 0 Å². The van der Waals surface area contributed by atoms with Crippen molar-refractivity contribution in [3.8, 4) is 11.5 Å². The first kappa shape index (κ1) is 19.5. The molecule has 0 spiro atoms. The Morgan fingerprint density at radius 3 is 1.46 bits per heavy atom. The molecule has 0 aliphatic heterocycles. The van der Waals surface area contributed by atoms with E-state index < -0.39 is 11.9 Å². The van der Waals surface area contributed by atoms with E-state index >= 15 is 0 Å². The molecule has 2 rings (SSSR count). The van der Waals surface area contributed by atoms with Crippen molar-refractivity contribution in [3.05, 3.63) is 82.9 Å². The SMILES string of the molecule is C=CC(=O)Oc1ccc(/C=C/c2ccc(OC(=O)C=C)cc2Cl)c(Cl)c1. The average molecular weight is 389 g/mol. The minimum absolute atomic E-state index is 0.323. The van der Waals surface area contributed by atoms with E-state index in [9.17, 15) is 9.59 Å². The van der Waals surface area contributed by atoms with Crippen LogP contribution in [0.4, 0.5) is 0 Å². The van der Waals surface area contributed by atoms with Crippen LogP contribution in [0.1, 0.15) is 11.1 Å². The van der Waals surface area contributed by atoms with Crippen LogP contribution >= 0.6 is 23.2 Å². The fourth-order valence-corrected chi connectivity index (χ4v) is 2.38. The molecule has 0 unspecified atom stereocenters. The Labute approximate surface area is 160 Å². The van der Waals surface area contributed by atoms with Gasteiger partial charge in [-0.1, -0.05) is 48.5 Å². The average Bonchev–Trinajstić information content (AvgIpc) is 2.62. The molecule has 0 radical (unpaired) electrons. The maximum Gasteiger partial charge on any atom is 0.335 e. The summed E-state index contributed by atoms with van der Waals surface area (Å²) < 4.78 is 10.0. The van der Waals surface area contributed by atoms with Crippen molar-refractivity contribution in [2.45, 2.75) is 0 Å². The molecule has 0 aromatic heterocycles. The molecule has 0 bridgehead atoms. The van der Waals surface area contributed by atoms with Gasteiger partial charge in [0.15, 0.2) is 0 Å². The molecule has 0 saturated heterocycles. The molecule has 6 heteroatoms. The summed E-state index contributed by atoms with van der Waals surface area (Å²) in [6.07, 6.45) is 5.66. The minimum Gasteiger partial charge on any atom is -0.423 e. The van der Waals surface area contributed by atoms with E-state index in [1.165, 1.54) is 12.1 Å². The van der Waals surface area contributed by atoms with Crippen molar-refractivity contribution < 1.29 is 19.1 Å². The van der Waals surface area contributed by atoms with E-state index in [1.54, 1.807) is 36.4 Å². The second kappa shape index (κ2) is 9.04. The number of benzene rings is 2. The van der Waals surface area contributed by atoms with Gasteiger partial charge in [0.25, 0.3) is 0 Å². The first-order valence-electron chi connectivity index (χ1n) is 7.38. The molecule has 0 amide bonds. The zero-order valence-corrected chi connectivity index (χ0v) is 15.1. The third-order valence-corrected chi connectivity index (χ3v) is 3.81. The van der Waals surface area contributed by atoms with Gasteiger partial charge in [0.2, 0.25) is 0 Å². The number of carbonyl (C=O) groups is 2. The summed E-state index contributed by atoms with van der Waals surface area (Å²) in [6.45, 7) is 6.66. The molecule has 0 aliphatic carbocycles. The monoisotopic (exact) mass is 388 g/mol. The molecular weight excluding hydrogens is 375 g/mol. The predicted octanol–water partition coefficient (Wildman–Crippen LogP) is 5.35. The smallest absolute Gasteiger partial charge is 0.335 e. The van der Waals surface area contributed by atoms with E-state index in [0.717, 1.165) is 12.2 Å². The van der Waals surface area contributed by atoms with Crippen molar-refractivity contribution in [1.82, 2.24) is 0 Å². The van der Waals surface area contributed by atoms with Crippen LogP contribution in [-0.4, -0.2) is 11.9 Å².